The van der Waals surface area contributed by atoms with Crippen molar-refractivity contribution >= 4 is 14.0 Å². The molecule has 0 aromatic heterocycles. The van der Waals surface area contributed by atoms with Crippen molar-refractivity contribution in [3.63, 3.8) is 0 Å². The quantitative estimate of drug-likeness (QED) is 0.594. The molecule has 0 radical (unpaired) electrons. The Hall–Kier alpha value is -1.78. The first-order chi connectivity index (χ1) is 11.6. The van der Waals surface area contributed by atoms with Gasteiger partial charge in [-0.3, -0.25) is 4.79 Å². The van der Waals surface area contributed by atoms with Crippen LogP contribution in [0.2, 0.25) is 19.6 Å². The predicted molar refractivity (Wildman–Crippen MR) is 99.3 cm³/mol. The second-order valence-corrected chi connectivity index (χ2v) is 13.0. The molecule has 1 aromatic carbocycles. The lowest BCUT2D eigenvalue weighted by atomic mass is 9.72. The van der Waals surface area contributed by atoms with Crippen molar-refractivity contribution in [2.75, 3.05) is 0 Å². The Kier molecular flexibility index (Phi) is 6.38. The third-order valence-electron chi connectivity index (χ3n) is 4.03. The molecular formula is C19H26F3NO2Si. The van der Waals surface area contributed by atoms with E-state index < -0.39 is 44.0 Å². The van der Waals surface area contributed by atoms with Gasteiger partial charge < -0.3 is 10.8 Å². The van der Waals surface area contributed by atoms with Crippen molar-refractivity contribution in [1.29, 1.82) is 0 Å². The molecule has 1 amide bonds. The van der Waals surface area contributed by atoms with Gasteiger partial charge in [-0.05, 0) is 23.5 Å². The number of benzene rings is 1. The maximum absolute atomic E-state index is 13.6. The largest absolute Gasteiger partial charge is 0.418 e. The molecule has 1 aromatic rings. The summed E-state index contributed by atoms with van der Waals surface area (Å²) in [6.45, 7) is 8.86. The van der Waals surface area contributed by atoms with E-state index in [1.165, 1.54) is 6.07 Å². The summed E-state index contributed by atoms with van der Waals surface area (Å²) in [6, 6.07) is 6.25. The molecule has 0 saturated carbocycles. The van der Waals surface area contributed by atoms with Gasteiger partial charge in [0.25, 0.3) is 0 Å². The number of hydrogen-bond acceptors (Lipinski definition) is 2. The van der Waals surface area contributed by atoms with E-state index in [0.717, 1.165) is 0 Å². The molecule has 1 unspecified atom stereocenters. The highest BCUT2D eigenvalue weighted by Crippen LogP contribution is 2.43. The maximum atomic E-state index is 13.6. The first-order valence-corrected chi connectivity index (χ1v) is 11.8. The van der Waals surface area contributed by atoms with Crippen LogP contribution in [0.3, 0.4) is 0 Å². The van der Waals surface area contributed by atoms with Gasteiger partial charge in [-0.2, -0.15) is 13.2 Å². The normalized spacial score (nSPS) is 15.0. The summed E-state index contributed by atoms with van der Waals surface area (Å²) in [6.07, 6.45) is -6.18. The van der Waals surface area contributed by atoms with Crippen molar-refractivity contribution in [2.24, 2.45) is 5.73 Å². The van der Waals surface area contributed by atoms with Gasteiger partial charge in [0.2, 0.25) is 5.91 Å². The minimum atomic E-state index is -4.85. The number of halogens is 3. The highest BCUT2D eigenvalue weighted by atomic mass is 28.3. The molecule has 3 nitrogen and oxygen atoms in total. The minimum absolute atomic E-state index is 0.148. The fourth-order valence-electron chi connectivity index (χ4n) is 2.83. The second-order valence-electron chi connectivity index (χ2n) is 8.23. The number of aliphatic hydroxyl groups is 1. The molecule has 26 heavy (non-hydrogen) atoms. The number of hydrogen-bond donors (Lipinski definition) is 2. The first kappa shape index (κ1) is 22.3. The van der Waals surface area contributed by atoms with Crippen LogP contribution in [0, 0.1) is 11.5 Å². The number of alkyl halides is 3. The van der Waals surface area contributed by atoms with Crippen LogP contribution < -0.4 is 5.73 Å². The number of amides is 1. The molecule has 1 atom stereocenters. The molecule has 144 valence electrons. The van der Waals surface area contributed by atoms with Gasteiger partial charge in [0.1, 0.15) is 8.07 Å². The van der Waals surface area contributed by atoms with Gasteiger partial charge in [-0.15, -0.1) is 11.5 Å². The topological polar surface area (TPSA) is 63.3 Å². The third-order valence-corrected chi connectivity index (χ3v) is 4.95. The second kappa shape index (κ2) is 7.45. The number of rotatable bonds is 5. The highest BCUT2D eigenvalue weighted by Gasteiger charge is 2.55. The van der Waals surface area contributed by atoms with E-state index in [4.69, 9.17) is 5.73 Å². The van der Waals surface area contributed by atoms with Crippen LogP contribution in [0.5, 0.6) is 0 Å². The first-order valence-electron chi connectivity index (χ1n) is 8.27. The van der Waals surface area contributed by atoms with E-state index in [1.807, 2.05) is 19.6 Å². The highest BCUT2D eigenvalue weighted by molar-refractivity contribution is 6.83. The fraction of sp³-hybridized carbons (Fsp3) is 0.526. The molecule has 0 fully saturated rings. The van der Waals surface area contributed by atoms with E-state index in [2.05, 4.69) is 11.5 Å². The molecule has 0 bridgehead atoms. The van der Waals surface area contributed by atoms with Crippen molar-refractivity contribution < 1.29 is 23.1 Å². The average Bonchev–Trinajstić information content (AvgIpc) is 2.44. The summed E-state index contributed by atoms with van der Waals surface area (Å²) < 4.78 is 40.9. The van der Waals surface area contributed by atoms with Crippen LogP contribution in [0.15, 0.2) is 24.3 Å². The van der Waals surface area contributed by atoms with E-state index >= 15 is 0 Å². The predicted octanol–water partition coefficient (Wildman–Crippen LogP) is 4.02. The maximum Gasteiger partial charge on any atom is 0.418 e. The summed E-state index contributed by atoms with van der Waals surface area (Å²) >= 11 is 0. The lowest BCUT2D eigenvalue weighted by Gasteiger charge is -2.37. The number of carbonyl (C=O) groups is 1. The summed E-state index contributed by atoms with van der Waals surface area (Å²) in [5, 5.41) is 10.4. The van der Waals surface area contributed by atoms with Gasteiger partial charge in [-0.1, -0.05) is 51.7 Å². The van der Waals surface area contributed by atoms with Gasteiger partial charge in [-0.25, -0.2) is 0 Å². The Labute approximate surface area is 153 Å². The van der Waals surface area contributed by atoms with E-state index in [1.54, 1.807) is 32.0 Å². The molecule has 7 heteroatoms. The minimum Gasteiger partial charge on any atom is -0.380 e. The Bertz CT molecular complexity index is 727. The number of nitrogens with two attached hydrogens (primary N) is 1. The van der Waals surface area contributed by atoms with Crippen LogP contribution in [-0.2, 0) is 5.41 Å². The van der Waals surface area contributed by atoms with Gasteiger partial charge in [0.15, 0.2) is 5.60 Å². The zero-order valence-electron chi connectivity index (χ0n) is 15.8. The average molecular weight is 386 g/mol. The van der Waals surface area contributed by atoms with Crippen LogP contribution in [-0.4, -0.2) is 30.9 Å². The lowest BCUT2D eigenvalue weighted by Crippen LogP contribution is -2.49. The van der Waals surface area contributed by atoms with Crippen LogP contribution in [0.4, 0.5) is 13.2 Å². The zero-order chi connectivity index (χ0) is 20.4. The van der Waals surface area contributed by atoms with Gasteiger partial charge in [0, 0.05) is 12.0 Å². The van der Waals surface area contributed by atoms with E-state index in [9.17, 15) is 23.1 Å². The molecule has 3 N–H and O–H groups in total. The third kappa shape index (κ3) is 5.61. The lowest BCUT2D eigenvalue weighted by molar-refractivity contribution is -0.264. The van der Waals surface area contributed by atoms with Gasteiger partial charge in [0.05, 0.1) is 0 Å². The molecule has 0 aliphatic heterocycles. The molecule has 0 aliphatic carbocycles. The molecule has 0 aliphatic rings. The van der Waals surface area contributed by atoms with Crippen LogP contribution in [0.1, 0.15) is 42.6 Å². The molecule has 0 saturated heterocycles. The SMILES string of the molecule is CC(C)(CC(O)(CC#C[Si](C)(C)C)C(F)(F)F)c1ccccc1C(N)=O. The fourth-order valence-corrected chi connectivity index (χ4v) is 3.45. The zero-order valence-corrected chi connectivity index (χ0v) is 16.8. The molecule has 0 spiro atoms. The molecular weight excluding hydrogens is 359 g/mol. The Balaban J connectivity index is 3.30. The number of carbonyl (C=O) groups excluding carboxylic acids is 1. The summed E-state index contributed by atoms with van der Waals surface area (Å²) in [4.78, 5) is 11.6. The summed E-state index contributed by atoms with van der Waals surface area (Å²) in [5.74, 6) is 1.81. The smallest absolute Gasteiger partial charge is 0.380 e. The van der Waals surface area contributed by atoms with Crippen molar-refractivity contribution in [3.05, 3.63) is 35.4 Å². The monoisotopic (exact) mass is 385 g/mol. The molecule has 0 heterocycles. The standard InChI is InChI=1S/C19H26F3NO2Si/c1-17(2,15-10-7-6-9-14(15)16(23)24)13-18(25,19(20,21)22)11-8-12-26(3,4)5/h6-7,9-10,25H,11,13H2,1-5H3,(H2,23,24). The summed E-state index contributed by atoms with van der Waals surface area (Å²) in [5.41, 5.74) is 4.60. The van der Waals surface area contributed by atoms with Crippen LogP contribution >= 0.6 is 0 Å². The van der Waals surface area contributed by atoms with Crippen molar-refractivity contribution in [1.82, 2.24) is 0 Å². The van der Waals surface area contributed by atoms with Crippen molar-refractivity contribution in [3.8, 4) is 11.5 Å². The van der Waals surface area contributed by atoms with Crippen molar-refractivity contribution in [2.45, 2.75) is 63.5 Å². The molecule has 1 rings (SSSR count). The van der Waals surface area contributed by atoms with Gasteiger partial charge >= 0.3 is 6.18 Å². The Morgan fingerprint density at radius 1 is 1.19 bits per heavy atom. The Morgan fingerprint density at radius 2 is 1.73 bits per heavy atom. The van der Waals surface area contributed by atoms with E-state index in [0.29, 0.717) is 5.56 Å². The van der Waals surface area contributed by atoms with Crippen LogP contribution in [0.25, 0.3) is 0 Å². The number of primary amides is 1. The Morgan fingerprint density at radius 3 is 2.19 bits per heavy atom. The van der Waals surface area contributed by atoms with E-state index in [-0.39, 0.29) is 5.56 Å². The summed E-state index contributed by atoms with van der Waals surface area (Å²) in [7, 11) is -1.86.